The summed E-state index contributed by atoms with van der Waals surface area (Å²) in [5.74, 6) is -1.44. The maximum Gasteiger partial charge on any atom is 0.258 e. The molecule has 3 nitrogen and oxygen atoms in total. The Bertz CT molecular complexity index is 635. The van der Waals surface area contributed by atoms with Crippen molar-refractivity contribution in [3.63, 3.8) is 0 Å². The van der Waals surface area contributed by atoms with Crippen molar-refractivity contribution < 1.29 is 13.5 Å². The van der Waals surface area contributed by atoms with E-state index in [2.05, 4.69) is 26.2 Å². The van der Waals surface area contributed by atoms with Crippen LogP contribution < -0.4 is 10.1 Å². The topological polar surface area (TPSA) is 34.2 Å². The predicted molar refractivity (Wildman–Crippen MR) is 77.3 cm³/mol. The molecule has 0 unspecified atom stereocenters. The molecule has 0 aliphatic rings. The molecule has 20 heavy (non-hydrogen) atoms. The largest absolute Gasteiger partial charge is 0.436 e. The lowest BCUT2D eigenvalue weighted by molar-refractivity contribution is 0.417. The van der Waals surface area contributed by atoms with E-state index in [1.807, 2.05) is 6.92 Å². The van der Waals surface area contributed by atoms with Gasteiger partial charge in [-0.05, 0) is 37.6 Å². The first-order chi connectivity index (χ1) is 9.51. The van der Waals surface area contributed by atoms with E-state index in [1.165, 1.54) is 0 Å². The highest BCUT2D eigenvalue weighted by atomic mass is 79.9. The Hall–Kier alpha value is -1.69. The van der Waals surface area contributed by atoms with Crippen LogP contribution in [-0.2, 0) is 0 Å². The van der Waals surface area contributed by atoms with Gasteiger partial charge in [0.25, 0.3) is 5.88 Å². The SMILES string of the molecule is CCNc1nc(Oc2ccc(Br)c(C)c2)c(F)cc1F. The number of rotatable bonds is 4. The van der Waals surface area contributed by atoms with E-state index < -0.39 is 11.6 Å². The Morgan fingerprint density at radius 1 is 1.25 bits per heavy atom. The zero-order valence-electron chi connectivity index (χ0n) is 11.0. The van der Waals surface area contributed by atoms with Crippen molar-refractivity contribution in [2.75, 3.05) is 11.9 Å². The molecule has 6 heteroatoms. The number of hydrogen-bond donors (Lipinski definition) is 1. The maximum atomic E-state index is 13.7. The highest BCUT2D eigenvalue weighted by Gasteiger charge is 2.13. The molecule has 0 atom stereocenters. The number of hydrogen-bond acceptors (Lipinski definition) is 3. The van der Waals surface area contributed by atoms with E-state index in [1.54, 1.807) is 25.1 Å². The lowest BCUT2D eigenvalue weighted by Crippen LogP contribution is -2.04. The summed E-state index contributed by atoms with van der Waals surface area (Å²) in [6.45, 7) is 4.16. The molecule has 0 aliphatic heterocycles. The first-order valence-electron chi connectivity index (χ1n) is 6.05. The lowest BCUT2D eigenvalue weighted by Gasteiger charge is -2.10. The quantitative estimate of drug-likeness (QED) is 0.877. The highest BCUT2D eigenvalue weighted by Crippen LogP contribution is 2.28. The van der Waals surface area contributed by atoms with Gasteiger partial charge in [0.2, 0.25) is 0 Å². The number of halogens is 3. The minimum absolute atomic E-state index is 0.0299. The summed E-state index contributed by atoms with van der Waals surface area (Å²) >= 11 is 3.37. The van der Waals surface area contributed by atoms with E-state index in [0.29, 0.717) is 12.3 Å². The first kappa shape index (κ1) is 14.7. The zero-order chi connectivity index (χ0) is 14.7. The normalized spacial score (nSPS) is 10.4. The number of aromatic nitrogens is 1. The Morgan fingerprint density at radius 3 is 2.65 bits per heavy atom. The van der Waals surface area contributed by atoms with Gasteiger partial charge in [-0.2, -0.15) is 4.98 Å². The third-order valence-corrected chi connectivity index (χ3v) is 3.48. The van der Waals surface area contributed by atoms with Crippen LogP contribution in [0.2, 0.25) is 0 Å². The molecule has 1 N–H and O–H groups in total. The molecule has 0 radical (unpaired) electrons. The summed E-state index contributed by atoms with van der Waals surface area (Å²) in [5, 5.41) is 2.71. The molecule has 106 valence electrons. The maximum absolute atomic E-state index is 13.7. The smallest absolute Gasteiger partial charge is 0.258 e. The van der Waals surface area contributed by atoms with Crippen LogP contribution in [0.5, 0.6) is 11.6 Å². The average Bonchev–Trinajstić information content (AvgIpc) is 2.39. The number of nitrogens with one attached hydrogen (secondary N) is 1. The minimum Gasteiger partial charge on any atom is -0.436 e. The van der Waals surface area contributed by atoms with Crippen LogP contribution >= 0.6 is 15.9 Å². The monoisotopic (exact) mass is 342 g/mol. The van der Waals surface area contributed by atoms with Crippen LogP contribution in [0.25, 0.3) is 0 Å². The molecule has 0 amide bonds. The van der Waals surface area contributed by atoms with E-state index in [4.69, 9.17) is 4.74 Å². The molecule has 0 bridgehead atoms. The zero-order valence-corrected chi connectivity index (χ0v) is 12.6. The Morgan fingerprint density at radius 2 is 2.00 bits per heavy atom. The second-order valence-electron chi connectivity index (χ2n) is 4.15. The summed E-state index contributed by atoms with van der Waals surface area (Å²) in [6, 6.07) is 5.96. The van der Waals surface area contributed by atoms with Gasteiger partial charge in [0, 0.05) is 17.1 Å². The van der Waals surface area contributed by atoms with Gasteiger partial charge in [0.05, 0.1) is 0 Å². The van der Waals surface area contributed by atoms with Crippen LogP contribution in [0.15, 0.2) is 28.7 Å². The summed E-state index contributed by atoms with van der Waals surface area (Å²) in [6.07, 6.45) is 0. The van der Waals surface area contributed by atoms with Crippen LogP contribution in [0.1, 0.15) is 12.5 Å². The molecular formula is C14H13BrF2N2O. The predicted octanol–water partition coefficient (Wildman–Crippen LogP) is 4.65. The van der Waals surface area contributed by atoms with Gasteiger partial charge in [-0.15, -0.1) is 0 Å². The molecular weight excluding hydrogens is 330 g/mol. The molecule has 0 spiro atoms. The molecule has 0 saturated carbocycles. The Labute approximate surface area is 124 Å². The third kappa shape index (κ3) is 3.25. The van der Waals surface area contributed by atoms with Gasteiger partial charge in [0.15, 0.2) is 17.5 Å². The number of benzene rings is 1. The summed E-state index contributed by atoms with van der Waals surface area (Å²) in [5.41, 5.74) is 0.942. The van der Waals surface area contributed by atoms with Gasteiger partial charge in [-0.1, -0.05) is 15.9 Å². The fraction of sp³-hybridized carbons (Fsp3) is 0.214. The van der Waals surface area contributed by atoms with Gasteiger partial charge in [0.1, 0.15) is 5.75 Å². The van der Waals surface area contributed by atoms with Crippen molar-refractivity contribution >= 4 is 21.7 Å². The number of nitrogens with zero attached hydrogens (tertiary/aromatic N) is 1. The van der Waals surface area contributed by atoms with Crippen molar-refractivity contribution in [1.29, 1.82) is 0 Å². The number of ether oxygens (including phenoxy) is 1. The van der Waals surface area contributed by atoms with Crippen molar-refractivity contribution in [2.24, 2.45) is 0 Å². The lowest BCUT2D eigenvalue weighted by atomic mass is 10.2. The summed E-state index contributed by atoms with van der Waals surface area (Å²) < 4.78 is 33.4. The van der Waals surface area contributed by atoms with Gasteiger partial charge in [-0.25, -0.2) is 8.78 Å². The Kier molecular flexibility index (Phi) is 4.54. The van der Waals surface area contributed by atoms with Crippen LogP contribution in [-0.4, -0.2) is 11.5 Å². The Balaban J connectivity index is 2.32. The number of aryl methyl sites for hydroxylation is 1. The molecule has 1 heterocycles. The first-order valence-corrected chi connectivity index (χ1v) is 6.84. The fourth-order valence-electron chi connectivity index (χ4n) is 1.60. The van der Waals surface area contributed by atoms with E-state index in [9.17, 15) is 8.78 Å². The van der Waals surface area contributed by atoms with Crippen molar-refractivity contribution in [3.05, 3.63) is 45.9 Å². The molecule has 1 aromatic carbocycles. The standard InChI is InChI=1S/C14H13BrF2N2O/c1-3-18-13-11(16)7-12(17)14(19-13)20-9-4-5-10(15)8(2)6-9/h4-7H,3H2,1-2H3,(H,18,19). The van der Waals surface area contributed by atoms with Crippen molar-refractivity contribution in [1.82, 2.24) is 4.98 Å². The minimum atomic E-state index is -0.843. The van der Waals surface area contributed by atoms with E-state index >= 15 is 0 Å². The fourth-order valence-corrected chi connectivity index (χ4v) is 1.85. The summed E-state index contributed by atoms with van der Waals surface area (Å²) in [4.78, 5) is 3.81. The van der Waals surface area contributed by atoms with E-state index in [0.717, 1.165) is 16.1 Å². The molecule has 2 rings (SSSR count). The average molecular weight is 343 g/mol. The molecule has 0 saturated heterocycles. The molecule has 2 aromatic rings. The van der Waals surface area contributed by atoms with Gasteiger partial charge < -0.3 is 10.1 Å². The molecule has 1 aromatic heterocycles. The highest BCUT2D eigenvalue weighted by molar-refractivity contribution is 9.10. The number of anilines is 1. The van der Waals surface area contributed by atoms with Crippen molar-refractivity contribution in [3.8, 4) is 11.6 Å². The second kappa shape index (κ2) is 6.17. The van der Waals surface area contributed by atoms with Crippen LogP contribution in [0, 0.1) is 18.6 Å². The summed E-state index contributed by atoms with van der Waals surface area (Å²) in [7, 11) is 0. The molecule has 0 aliphatic carbocycles. The van der Waals surface area contributed by atoms with E-state index in [-0.39, 0.29) is 11.7 Å². The van der Waals surface area contributed by atoms with Crippen LogP contribution in [0.3, 0.4) is 0 Å². The molecule has 0 fully saturated rings. The van der Waals surface area contributed by atoms with Gasteiger partial charge in [-0.3, -0.25) is 0 Å². The second-order valence-corrected chi connectivity index (χ2v) is 5.00. The van der Waals surface area contributed by atoms with Gasteiger partial charge >= 0.3 is 0 Å². The van der Waals surface area contributed by atoms with Crippen LogP contribution in [0.4, 0.5) is 14.6 Å². The third-order valence-electron chi connectivity index (χ3n) is 2.59. The number of pyridine rings is 1. The van der Waals surface area contributed by atoms with Crippen molar-refractivity contribution in [2.45, 2.75) is 13.8 Å².